The van der Waals surface area contributed by atoms with Crippen LogP contribution in [0.2, 0.25) is 0 Å². The van der Waals surface area contributed by atoms with Gasteiger partial charge >= 0.3 is 5.97 Å². The van der Waals surface area contributed by atoms with Crippen LogP contribution in [0.15, 0.2) is 0 Å². The maximum Gasteiger partial charge on any atom is 0.304 e. The summed E-state index contributed by atoms with van der Waals surface area (Å²) >= 11 is 0. The maximum atomic E-state index is 11.1. The van der Waals surface area contributed by atoms with Crippen molar-refractivity contribution >= 4 is 11.8 Å². The predicted octanol–water partition coefficient (Wildman–Crippen LogP) is 1.47. The summed E-state index contributed by atoms with van der Waals surface area (Å²) in [5.74, 6) is -0.717. The Kier molecular flexibility index (Phi) is 10.4. The third-order valence-corrected chi connectivity index (χ3v) is 3.18. The standard InChI is InChI=1S/C14H28N2O3/c1-4-15(5-2)9-6-7-10-16(12-13(3)17)11-8-14(18)19/h4-12H2,1-3H3,(H,18,19). The fraction of sp³-hybridized carbons (Fsp3) is 0.857. The zero-order valence-corrected chi connectivity index (χ0v) is 12.5. The van der Waals surface area contributed by atoms with Gasteiger partial charge in [0.15, 0.2) is 0 Å². The second kappa shape index (κ2) is 10.9. The van der Waals surface area contributed by atoms with Crippen molar-refractivity contribution in [1.82, 2.24) is 9.80 Å². The largest absolute Gasteiger partial charge is 0.481 e. The first-order valence-corrected chi connectivity index (χ1v) is 7.15. The molecular weight excluding hydrogens is 244 g/mol. The second-order valence-electron chi connectivity index (χ2n) is 4.86. The Balaban J connectivity index is 3.90. The Morgan fingerprint density at radius 1 is 0.947 bits per heavy atom. The van der Waals surface area contributed by atoms with Crippen LogP contribution in [0.4, 0.5) is 0 Å². The van der Waals surface area contributed by atoms with Crippen LogP contribution in [0.1, 0.15) is 40.0 Å². The van der Waals surface area contributed by atoms with Gasteiger partial charge < -0.3 is 10.0 Å². The molecule has 5 nitrogen and oxygen atoms in total. The number of hydrogen-bond donors (Lipinski definition) is 1. The van der Waals surface area contributed by atoms with E-state index in [2.05, 4.69) is 18.7 Å². The van der Waals surface area contributed by atoms with E-state index in [9.17, 15) is 9.59 Å². The van der Waals surface area contributed by atoms with E-state index in [0.29, 0.717) is 13.1 Å². The first kappa shape index (κ1) is 18.1. The van der Waals surface area contributed by atoms with Crippen molar-refractivity contribution < 1.29 is 14.7 Å². The van der Waals surface area contributed by atoms with Crippen molar-refractivity contribution in [2.75, 3.05) is 39.3 Å². The number of unbranched alkanes of at least 4 members (excludes halogenated alkanes) is 1. The molecule has 0 radical (unpaired) electrons. The Morgan fingerprint density at radius 2 is 1.47 bits per heavy atom. The quantitative estimate of drug-likeness (QED) is 0.545. The minimum atomic E-state index is -0.809. The minimum Gasteiger partial charge on any atom is -0.481 e. The number of aliphatic carboxylic acids is 1. The Labute approximate surface area is 116 Å². The van der Waals surface area contributed by atoms with E-state index in [1.807, 2.05) is 4.90 Å². The van der Waals surface area contributed by atoms with Gasteiger partial charge in [0.1, 0.15) is 5.78 Å². The van der Waals surface area contributed by atoms with Crippen molar-refractivity contribution in [2.45, 2.75) is 40.0 Å². The summed E-state index contributed by atoms with van der Waals surface area (Å²) < 4.78 is 0. The van der Waals surface area contributed by atoms with Crippen molar-refractivity contribution in [2.24, 2.45) is 0 Å². The van der Waals surface area contributed by atoms with Crippen LogP contribution in [-0.4, -0.2) is 65.9 Å². The van der Waals surface area contributed by atoms with E-state index in [-0.39, 0.29) is 12.2 Å². The van der Waals surface area contributed by atoms with Gasteiger partial charge in [-0.15, -0.1) is 0 Å². The van der Waals surface area contributed by atoms with Gasteiger partial charge in [0.2, 0.25) is 0 Å². The molecule has 0 spiro atoms. The number of carbonyl (C=O) groups is 2. The number of ketones is 1. The number of rotatable bonds is 12. The maximum absolute atomic E-state index is 11.1. The third-order valence-electron chi connectivity index (χ3n) is 3.18. The molecule has 1 N–H and O–H groups in total. The molecule has 19 heavy (non-hydrogen) atoms. The second-order valence-corrected chi connectivity index (χ2v) is 4.86. The Morgan fingerprint density at radius 3 is 1.89 bits per heavy atom. The smallest absolute Gasteiger partial charge is 0.304 e. The fourth-order valence-electron chi connectivity index (χ4n) is 2.05. The van der Waals surface area contributed by atoms with Crippen LogP contribution < -0.4 is 0 Å². The molecule has 0 aliphatic carbocycles. The normalized spacial score (nSPS) is 11.2. The van der Waals surface area contributed by atoms with E-state index in [1.165, 1.54) is 0 Å². The third kappa shape index (κ3) is 10.7. The first-order chi connectivity index (χ1) is 8.99. The lowest BCUT2D eigenvalue weighted by Crippen LogP contribution is -2.32. The molecular formula is C14H28N2O3. The molecule has 112 valence electrons. The van der Waals surface area contributed by atoms with Crippen LogP contribution in [0, 0.1) is 0 Å². The molecule has 0 saturated heterocycles. The first-order valence-electron chi connectivity index (χ1n) is 7.15. The van der Waals surface area contributed by atoms with Gasteiger partial charge in [0, 0.05) is 6.54 Å². The highest BCUT2D eigenvalue weighted by molar-refractivity contribution is 5.77. The van der Waals surface area contributed by atoms with Gasteiger partial charge in [0.05, 0.1) is 13.0 Å². The molecule has 5 heteroatoms. The Hall–Kier alpha value is -0.940. The zero-order chi connectivity index (χ0) is 14.7. The molecule has 0 heterocycles. The lowest BCUT2D eigenvalue weighted by molar-refractivity contribution is -0.137. The number of Topliss-reactive ketones (excluding diaryl/α,β-unsaturated/α-hetero) is 1. The SMILES string of the molecule is CCN(CC)CCCCN(CCC(=O)O)CC(C)=O. The molecule has 0 aromatic heterocycles. The fourth-order valence-corrected chi connectivity index (χ4v) is 2.05. The lowest BCUT2D eigenvalue weighted by Gasteiger charge is -2.21. The topological polar surface area (TPSA) is 60.9 Å². The number of carbonyl (C=O) groups excluding carboxylic acids is 1. The molecule has 0 aliphatic heterocycles. The van der Waals surface area contributed by atoms with E-state index in [4.69, 9.17) is 5.11 Å². The summed E-state index contributed by atoms with van der Waals surface area (Å²) in [4.78, 5) is 26.0. The van der Waals surface area contributed by atoms with Gasteiger partial charge in [-0.3, -0.25) is 14.5 Å². The number of hydrogen-bond acceptors (Lipinski definition) is 4. The van der Waals surface area contributed by atoms with Gasteiger partial charge in [-0.2, -0.15) is 0 Å². The van der Waals surface area contributed by atoms with Gasteiger partial charge in [-0.05, 0) is 45.9 Å². The summed E-state index contributed by atoms with van der Waals surface area (Å²) in [5, 5.41) is 8.69. The van der Waals surface area contributed by atoms with Crippen LogP contribution in [-0.2, 0) is 9.59 Å². The van der Waals surface area contributed by atoms with Gasteiger partial charge in [-0.25, -0.2) is 0 Å². The van der Waals surface area contributed by atoms with Crippen molar-refractivity contribution in [3.05, 3.63) is 0 Å². The van der Waals surface area contributed by atoms with E-state index < -0.39 is 5.97 Å². The van der Waals surface area contributed by atoms with E-state index in [0.717, 1.165) is 39.0 Å². The number of carboxylic acids is 1. The van der Waals surface area contributed by atoms with E-state index >= 15 is 0 Å². The van der Waals surface area contributed by atoms with Crippen LogP contribution in [0.5, 0.6) is 0 Å². The average Bonchev–Trinajstić information content (AvgIpc) is 2.35. The number of carboxylic acid groups (broad SMARTS) is 1. The molecule has 0 fully saturated rings. The molecule has 0 aromatic carbocycles. The minimum absolute atomic E-state index is 0.0918. The molecule has 0 unspecified atom stereocenters. The Bertz CT molecular complexity index is 265. The molecule has 0 rings (SSSR count). The average molecular weight is 272 g/mol. The summed E-state index contributed by atoms with van der Waals surface area (Å²) in [5.41, 5.74) is 0. The van der Waals surface area contributed by atoms with Gasteiger partial charge in [0.25, 0.3) is 0 Å². The zero-order valence-electron chi connectivity index (χ0n) is 12.5. The summed E-state index contributed by atoms with van der Waals surface area (Å²) in [6, 6.07) is 0. The molecule has 0 saturated carbocycles. The summed E-state index contributed by atoms with van der Waals surface area (Å²) in [6.07, 6.45) is 2.19. The lowest BCUT2D eigenvalue weighted by atomic mass is 10.2. The molecule has 0 amide bonds. The van der Waals surface area contributed by atoms with Crippen LogP contribution in [0.3, 0.4) is 0 Å². The van der Waals surface area contributed by atoms with Crippen molar-refractivity contribution in [3.63, 3.8) is 0 Å². The molecule has 0 aromatic rings. The molecule has 0 atom stereocenters. The highest BCUT2D eigenvalue weighted by atomic mass is 16.4. The number of nitrogens with zero attached hydrogens (tertiary/aromatic N) is 2. The van der Waals surface area contributed by atoms with Crippen LogP contribution in [0.25, 0.3) is 0 Å². The monoisotopic (exact) mass is 272 g/mol. The summed E-state index contributed by atoms with van der Waals surface area (Å²) in [7, 11) is 0. The van der Waals surface area contributed by atoms with Crippen molar-refractivity contribution in [1.29, 1.82) is 0 Å². The summed E-state index contributed by atoms with van der Waals surface area (Å²) in [6.45, 7) is 10.7. The van der Waals surface area contributed by atoms with Crippen molar-refractivity contribution in [3.8, 4) is 0 Å². The predicted molar refractivity (Wildman–Crippen MR) is 76.4 cm³/mol. The van der Waals surface area contributed by atoms with Gasteiger partial charge in [-0.1, -0.05) is 13.8 Å². The highest BCUT2D eigenvalue weighted by Crippen LogP contribution is 2.00. The highest BCUT2D eigenvalue weighted by Gasteiger charge is 2.09. The van der Waals surface area contributed by atoms with E-state index in [1.54, 1.807) is 6.92 Å². The van der Waals surface area contributed by atoms with Crippen LogP contribution >= 0.6 is 0 Å². The molecule has 0 bridgehead atoms. The molecule has 0 aliphatic rings.